The van der Waals surface area contributed by atoms with Gasteiger partial charge >= 0.3 is 5.97 Å². The van der Waals surface area contributed by atoms with Crippen LogP contribution in [0.3, 0.4) is 0 Å². The average molecular weight is 263 g/mol. The third-order valence-corrected chi connectivity index (χ3v) is 3.31. The number of anilines is 1. The van der Waals surface area contributed by atoms with E-state index in [1.165, 1.54) is 5.56 Å². The van der Waals surface area contributed by atoms with E-state index in [0.29, 0.717) is 12.5 Å². The molecule has 0 aromatic heterocycles. The Morgan fingerprint density at radius 1 is 1.32 bits per heavy atom. The molecule has 0 saturated carbocycles. The molecule has 0 bridgehead atoms. The summed E-state index contributed by atoms with van der Waals surface area (Å²) in [7, 11) is 0. The van der Waals surface area contributed by atoms with Crippen LogP contribution in [0, 0.1) is 12.8 Å². The Balaban J connectivity index is 1.65. The van der Waals surface area contributed by atoms with Crippen LogP contribution in [0.4, 0.5) is 5.69 Å². The third kappa shape index (κ3) is 4.91. The van der Waals surface area contributed by atoms with Crippen molar-refractivity contribution in [2.75, 3.05) is 31.7 Å². The molecule has 19 heavy (non-hydrogen) atoms. The van der Waals surface area contributed by atoms with Crippen molar-refractivity contribution in [2.45, 2.75) is 19.8 Å². The van der Waals surface area contributed by atoms with E-state index >= 15 is 0 Å². The van der Waals surface area contributed by atoms with Gasteiger partial charge in [-0.25, -0.2) is 0 Å². The first-order valence-corrected chi connectivity index (χ1v) is 6.78. The Bertz CT molecular complexity index is 396. The first kappa shape index (κ1) is 13.9. The van der Waals surface area contributed by atoms with Crippen LogP contribution in [-0.4, -0.2) is 32.3 Å². The fourth-order valence-corrected chi connectivity index (χ4v) is 2.02. The van der Waals surface area contributed by atoms with Gasteiger partial charge in [-0.2, -0.15) is 0 Å². The second-order valence-electron chi connectivity index (χ2n) is 4.96. The number of hydrogen-bond acceptors (Lipinski definition) is 4. The molecule has 104 valence electrons. The predicted molar refractivity (Wildman–Crippen MR) is 74.2 cm³/mol. The maximum atomic E-state index is 11.6. The number of rotatable bonds is 5. The molecule has 0 radical (unpaired) electrons. The van der Waals surface area contributed by atoms with Crippen LogP contribution in [0.25, 0.3) is 0 Å². The molecule has 0 atom stereocenters. The molecule has 1 N–H and O–H groups in total. The van der Waals surface area contributed by atoms with Crippen LogP contribution in [0.2, 0.25) is 0 Å². The topological polar surface area (TPSA) is 47.6 Å². The fraction of sp³-hybridized carbons (Fsp3) is 0.533. The van der Waals surface area contributed by atoms with E-state index in [0.717, 1.165) is 31.7 Å². The fourth-order valence-electron chi connectivity index (χ4n) is 2.02. The molecule has 1 aliphatic rings. The Kier molecular flexibility index (Phi) is 5.21. The van der Waals surface area contributed by atoms with Gasteiger partial charge < -0.3 is 14.8 Å². The quantitative estimate of drug-likeness (QED) is 0.829. The standard InChI is InChI=1S/C15H21NO3/c1-12-2-4-14(5-3-12)16-10-15(17)19-11-13-6-8-18-9-7-13/h2-5,13,16H,6-11H2,1H3. The summed E-state index contributed by atoms with van der Waals surface area (Å²) < 4.78 is 10.5. The number of nitrogens with one attached hydrogen (secondary N) is 1. The minimum absolute atomic E-state index is 0.202. The van der Waals surface area contributed by atoms with Crippen LogP contribution in [0.1, 0.15) is 18.4 Å². The van der Waals surface area contributed by atoms with Crippen molar-refractivity contribution in [2.24, 2.45) is 5.92 Å². The van der Waals surface area contributed by atoms with Gasteiger partial charge in [0.2, 0.25) is 0 Å². The van der Waals surface area contributed by atoms with Gasteiger partial charge in [-0.1, -0.05) is 17.7 Å². The minimum atomic E-state index is -0.202. The van der Waals surface area contributed by atoms with Crippen LogP contribution in [-0.2, 0) is 14.3 Å². The van der Waals surface area contributed by atoms with E-state index in [-0.39, 0.29) is 12.5 Å². The van der Waals surface area contributed by atoms with Crippen molar-refractivity contribution in [3.63, 3.8) is 0 Å². The maximum Gasteiger partial charge on any atom is 0.325 e. The van der Waals surface area contributed by atoms with Crippen molar-refractivity contribution in [3.8, 4) is 0 Å². The number of ether oxygens (including phenoxy) is 2. The molecule has 1 heterocycles. The molecule has 1 saturated heterocycles. The summed E-state index contributed by atoms with van der Waals surface area (Å²) in [4.78, 5) is 11.6. The predicted octanol–water partition coefficient (Wildman–Crippen LogP) is 2.38. The number of hydrogen-bond donors (Lipinski definition) is 1. The summed E-state index contributed by atoms with van der Waals surface area (Å²) >= 11 is 0. The summed E-state index contributed by atoms with van der Waals surface area (Å²) in [5, 5.41) is 3.06. The maximum absolute atomic E-state index is 11.6. The van der Waals surface area contributed by atoms with Gasteiger partial charge in [0, 0.05) is 18.9 Å². The lowest BCUT2D eigenvalue weighted by molar-refractivity contribution is -0.143. The SMILES string of the molecule is Cc1ccc(NCC(=O)OCC2CCOCC2)cc1. The van der Waals surface area contributed by atoms with E-state index in [9.17, 15) is 4.79 Å². The molecule has 4 heteroatoms. The first-order valence-electron chi connectivity index (χ1n) is 6.78. The van der Waals surface area contributed by atoms with Gasteiger partial charge in [-0.3, -0.25) is 4.79 Å². The van der Waals surface area contributed by atoms with Gasteiger partial charge in [-0.15, -0.1) is 0 Å². The molecule has 0 spiro atoms. The van der Waals surface area contributed by atoms with E-state index in [4.69, 9.17) is 9.47 Å². The number of carbonyl (C=O) groups excluding carboxylic acids is 1. The van der Waals surface area contributed by atoms with Gasteiger partial charge in [0.05, 0.1) is 6.61 Å². The van der Waals surface area contributed by atoms with Crippen LogP contribution >= 0.6 is 0 Å². The third-order valence-electron chi connectivity index (χ3n) is 3.31. The van der Waals surface area contributed by atoms with Crippen molar-refractivity contribution in [1.29, 1.82) is 0 Å². The van der Waals surface area contributed by atoms with Crippen LogP contribution in [0.5, 0.6) is 0 Å². The largest absolute Gasteiger partial charge is 0.464 e. The molecule has 4 nitrogen and oxygen atoms in total. The summed E-state index contributed by atoms with van der Waals surface area (Å²) in [6, 6.07) is 7.94. The number of carbonyl (C=O) groups is 1. The molecule has 0 amide bonds. The zero-order valence-electron chi connectivity index (χ0n) is 11.4. The highest BCUT2D eigenvalue weighted by atomic mass is 16.5. The zero-order valence-corrected chi connectivity index (χ0v) is 11.4. The summed E-state index contributed by atoms with van der Waals surface area (Å²) in [5.74, 6) is 0.254. The van der Waals surface area contributed by atoms with Crippen molar-refractivity contribution >= 4 is 11.7 Å². The van der Waals surface area contributed by atoms with E-state index in [1.807, 2.05) is 31.2 Å². The second kappa shape index (κ2) is 7.14. The molecule has 1 aliphatic heterocycles. The Hall–Kier alpha value is -1.55. The van der Waals surface area contributed by atoms with Crippen molar-refractivity contribution in [3.05, 3.63) is 29.8 Å². The number of esters is 1. The van der Waals surface area contributed by atoms with Crippen molar-refractivity contribution in [1.82, 2.24) is 0 Å². The smallest absolute Gasteiger partial charge is 0.325 e. The van der Waals surface area contributed by atoms with Gasteiger partial charge in [0.15, 0.2) is 0 Å². The van der Waals surface area contributed by atoms with Gasteiger partial charge in [0.1, 0.15) is 6.54 Å². The van der Waals surface area contributed by atoms with E-state index in [1.54, 1.807) is 0 Å². The zero-order chi connectivity index (χ0) is 13.5. The number of aryl methyl sites for hydroxylation is 1. The molecule has 1 aromatic carbocycles. The van der Waals surface area contributed by atoms with Crippen LogP contribution in [0.15, 0.2) is 24.3 Å². The van der Waals surface area contributed by atoms with Crippen LogP contribution < -0.4 is 5.32 Å². The van der Waals surface area contributed by atoms with E-state index < -0.39 is 0 Å². The lowest BCUT2D eigenvalue weighted by Gasteiger charge is -2.21. The molecule has 1 aromatic rings. The second-order valence-corrected chi connectivity index (χ2v) is 4.96. The lowest BCUT2D eigenvalue weighted by Crippen LogP contribution is -2.24. The Morgan fingerprint density at radius 2 is 2.00 bits per heavy atom. The molecule has 0 unspecified atom stereocenters. The first-order chi connectivity index (χ1) is 9.24. The summed E-state index contributed by atoms with van der Waals surface area (Å²) in [6.07, 6.45) is 1.97. The van der Waals surface area contributed by atoms with Gasteiger partial charge in [-0.05, 0) is 37.8 Å². The summed E-state index contributed by atoms with van der Waals surface area (Å²) in [5.41, 5.74) is 2.14. The molecule has 0 aliphatic carbocycles. The van der Waals surface area contributed by atoms with Crippen molar-refractivity contribution < 1.29 is 14.3 Å². The molecule has 1 fully saturated rings. The lowest BCUT2D eigenvalue weighted by atomic mass is 10.0. The molecular weight excluding hydrogens is 242 g/mol. The number of benzene rings is 1. The highest BCUT2D eigenvalue weighted by Crippen LogP contribution is 2.14. The molecule has 2 rings (SSSR count). The highest BCUT2D eigenvalue weighted by molar-refractivity contribution is 5.74. The average Bonchev–Trinajstić information content (AvgIpc) is 2.45. The normalized spacial score (nSPS) is 16.1. The Morgan fingerprint density at radius 3 is 2.68 bits per heavy atom. The monoisotopic (exact) mass is 263 g/mol. The minimum Gasteiger partial charge on any atom is -0.464 e. The Labute approximate surface area is 114 Å². The highest BCUT2D eigenvalue weighted by Gasteiger charge is 2.15. The van der Waals surface area contributed by atoms with Gasteiger partial charge in [0.25, 0.3) is 0 Å². The summed E-state index contributed by atoms with van der Waals surface area (Å²) in [6.45, 7) is 4.32. The molecular formula is C15H21NO3. The van der Waals surface area contributed by atoms with E-state index in [2.05, 4.69) is 5.32 Å².